The summed E-state index contributed by atoms with van der Waals surface area (Å²) < 4.78 is 5.82. The molecule has 0 saturated carbocycles. The quantitative estimate of drug-likeness (QED) is 0.844. The van der Waals surface area contributed by atoms with Crippen LogP contribution >= 0.6 is 15.9 Å². The Bertz CT molecular complexity index is 331. The summed E-state index contributed by atoms with van der Waals surface area (Å²) in [5, 5.41) is 0. The molecule has 0 aliphatic heterocycles. The van der Waals surface area contributed by atoms with Gasteiger partial charge in [0.05, 0.1) is 0 Å². The lowest BCUT2D eigenvalue weighted by Gasteiger charge is -2.25. The molecule has 1 aromatic heterocycles. The standard InChI is InChI=1S/C11H16BrNO2/c1-4-8(5-2)13(3)11(14)9-6-7-10(12)15-9/h6-8H,4-5H2,1-3H3. The van der Waals surface area contributed by atoms with Crippen LogP contribution in [-0.2, 0) is 0 Å². The van der Waals surface area contributed by atoms with E-state index in [9.17, 15) is 4.79 Å². The first kappa shape index (κ1) is 12.3. The van der Waals surface area contributed by atoms with Crippen LogP contribution in [0.25, 0.3) is 0 Å². The third-order valence-electron chi connectivity index (χ3n) is 2.59. The minimum atomic E-state index is -0.0607. The van der Waals surface area contributed by atoms with Gasteiger partial charge in [-0.05, 0) is 40.9 Å². The van der Waals surface area contributed by atoms with E-state index in [2.05, 4.69) is 29.8 Å². The van der Waals surface area contributed by atoms with Crippen molar-refractivity contribution < 1.29 is 9.21 Å². The normalized spacial score (nSPS) is 10.7. The van der Waals surface area contributed by atoms with Crippen LogP contribution in [0.2, 0.25) is 0 Å². The summed E-state index contributed by atoms with van der Waals surface area (Å²) in [5.41, 5.74) is 0. The van der Waals surface area contributed by atoms with Crippen LogP contribution in [0.3, 0.4) is 0 Å². The fourth-order valence-electron chi connectivity index (χ4n) is 1.61. The first-order chi connectivity index (χ1) is 7.10. The van der Waals surface area contributed by atoms with Gasteiger partial charge in [0.15, 0.2) is 10.4 Å². The number of furan rings is 1. The molecule has 0 atom stereocenters. The molecule has 0 saturated heterocycles. The van der Waals surface area contributed by atoms with Crippen molar-refractivity contribution in [2.75, 3.05) is 7.05 Å². The van der Waals surface area contributed by atoms with Crippen molar-refractivity contribution in [3.63, 3.8) is 0 Å². The largest absolute Gasteiger partial charge is 0.444 e. The zero-order chi connectivity index (χ0) is 11.4. The van der Waals surface area contributed by atoms with Crippen LogP contribution in [0.5, 0.6) is 0 Å². The van der Waals surface area contributed by atoms with Gasteiger partial charge >= 0.3 is 0 Å². The summed E-state index contributed by atoms with van der Waals surface area (Å²) in [5.74, 6) is 0.325. The number of rotatable bonds is 4. The molecule has 0 radical (unpaired) electrons. The van der Waals surface area contributed by atoms with E-state index in [1.807, 2.05) is 7.05 Å². The van der Waals surface area contributed by atoms with Crippen LogP contribution in [0.4, 0.5) is 0 Å². The van der Waals surface area contributed by atoms with E-state index < -0.39 is 0 Å². The Hall–Kier alpha value is -0.770. The van der Waals surface area contributed by atoms with Crippen molar-refractivity contribution in [1.82, 2.24) is 4.90 Å². The minimum Gasteiger partial charge on any atom is -0.444 e. The maximum atomic E-state index is 11.9. The molecule has 1 rings (SSSR count). The molecule has 1 amide bonds. The summed E-state index contributed by atoms with van der Waals surface area (Å²) >= 11 is 3.18. The average molecular weight is 274 g/mol. The Morgan fingerprint density at radius 2 is 2.07 bits per heavy atom. The molecule has 1 heterocycles. The monoisotopic (exact) mass is 273 g/mol. The predicted molar refractivity (Wildman–Crippen MR) is 62.9 cm³/mol. The van der Waals surface area contributed by atoms with E-state index in [1.54, 1.807) is 17.0 Å². The lowest BCUT2D eigenvalue weighted by molar-refractivity contribution is 0.0690. The number of hydrogen-bond donors (Lipinski definition) is 0. The summed E-state index contributed by atoms with van der Waals surface area (Å²) in [4.78, 5) is 13.7. The van der Waals surface area contributed by atoms with Crippen molar-refractivity contribution in [2.24, 2.45) is 0 Å². The fraction of sp³-hybridized carbons (Fsp3) is 0.545. The Morgan fingerprint density at radius 3 is 2.47 bits per heavy atom. The average Bonchev–Trinajstić information content (AvgIpc) is 2.65. The molecule has 3 nitrogen and oxygen atoms in total. The lowest BCUT2D eigenvalue weighted by atomic mass is 10.1. The molecule has 0 aliphatic carbocycles. The second-order valence-electron chi connectivity index (χ2n) is 3.49. The minimum absolute atomic E-state index is 0.0607. The molecule has 4 heteroatoms. The van der Waals surface area contributed by atoms with E-state index in [1.165, 1.54) is 0 Å². The van der Waals surface area contributed by atoms with Crippen molar-refractivity contribution >= 4 is 21.8 Å². The number of carbonyl (C=O) groups excluding carboxylic acids is 1. The van der Waals surface area contributed by atoms with Crippen LogP contribution in [0, 0.1) is 0 Å². The molecule has 15 heavy (non-hydrogen) atoms. The van der Waals surface area contributed by atoms with Gasteiger partial charge in [-0.2, -0.15) is 0 Å². The van der Waals surface area contributed by atoms with Gasteiger partial charge in [-0.25, -0.2) is 0 Å². The van der Waals surface area contributed by atoms with Gasteiger partial charge in [0.1, 0.15) is 0 Å². The molecule has 0 unspecified atom stereocenters. The molecule has 0 fully saturated rings. The summed E-state index contributed by atoms with van der Waals surface area (Å²) in [7, 11) is 1.82. The van der Waals surface area contributed by atoms with Gasteiger partial charge in [-0.1, -0.05) is 13.8 Å². The number of carbonyl (C=O) groups is 1. The number of hydrogen-bond acceptors (Lipinski definition) is 2. The highest BCUT2D eigenvalue weighted by Gasteiger charge is 2.20. The SMILES string of the molecule is CCC(CC)N(C)C(=O)c1ccc(Br)o1. The zero-order valence-electron chi connectivity index (χ0n) is 9.29. The highest BCUT2D eigenvalue weighted by molar-refractivity contribution is 9.10. The lowest BCUT2D eigenvalue weighted by Crippen LogP contribution is -2.36. The molecular formula is C11H16BrNO2. The van der Waals surface area contributed by atoms with Crippen molar-refractivity contribution in [3.8, 4) is 0 Å². The Kier molecular flexibility index (Phi) is 4.39. The molecule has 0 N–H and O–H groups in total. The summed E-state index contributed by atoms with van der Waals surface area (Å²) in [6.07, 6.45) is 1.92. The van der Waals surface area contributed by atoms with Crippen LogP contribution in [0.1, 0.15) is 37.2 Å². The van der Waals surface area contributed by atoms with Gasteiger partial charge in [-0.15, -0.1) is 0 Å². The maximum absolute atomic E-state index is 11.9. The van der Waals surface area contributed by atoms with Gasteiger partial charge in [0.25, 0.3) is 5.91 Å². The second kappa shape index (κ2) is 5.35. The van der Waals surface area contributed by atoms with E-state index in [-0.39, 0.29) is 11.9 Å². The predicted octanol–water partition coefficient (Wildman–Crippen LogP) is 3.30. The molecule has 0 aliphatic rings. The smallest absolute Gasteiger partial charge is 0.289 e. The Morgan fingerprint density at radius 1 is 1.47 bits per heavy atom. The zero-order valence-corrected chi connectivity index (χ0v) is 10.9. The number of halogens is 1. The molecule has 0 aromatic carbocycles. The summed E-state index contributed by atoms with van der Waals surface area (Å²) in [6, 6.07) is 3.69. The topological polar surface area (TPSA) is 33.5 Å². The molecule has 0 spiro atoms. The molecule has 0 bridgehead atoms. The van der Waals surface area contributed by atoms with E-state index in [0.29, 0.717) is 10.4 Å². The van der Waals surface area contributed by atoms with Gasteiger partial charge in [-0.3, -0.25) is 4.79 Å². The van der Waals surface area contributed by atoms with E-state index in [4.69, 9.17) is 4.42 Å². The molecular weight excluding hydrogens is 258 g/mol. The highest BCUT2D eigenvalue weighted by Crippen LogP contribution is 2.17. The number of nitrogens with zero attached hydrogens (tertiary/aromatic N) is 1. The number of amides is 1. The Labute approximate surface area is 98.6 Å². The van der Waals surface area contributed by atoms with Gasteiger partial charge in [0, 0.05) is 13.1 Å². The third-order valence-corrected chi connectivity index (χ3v) is 3.02. The molecule has 84 valence electrons. The van der Waals surface area contributed by atoms with Gasteiger partial charge < -0.3 is 9.32 Å². The van der Waals surface area contributed by atoms with E-state index in [0.717, 1.165) is 12.8 Å². The van der Waals surface area contributed by atoms with Crippen molar-refractivity contribution in [3.05, 3.63) is 22.6 Å². The van der Waals surface area contributed by atoms with Gasteiger partial charge in [0.2, 0.25) is 0 Å². The second-order valence-corrected chi connectivity index (χ2v) is 4.27. The van der Waals surface area contributed by atoms with Crippen LogP contribution in [0.15, 0.2) is 21.2 Å². The highest BCUT2D eigenvalue weighted by atomic mass is 79.9. The first-order valence-electron chi connectivity index (χ1n) is 5.12. The Balaban J connectivity index is 2.76. The van der Waals surface area contributed by atoms with Crippen LogP contribution in [-0.4, -0.2) is 23.9 Å². The van der Waals surface area contributed by atoms with Crippen molar-refractivity contribution in [2.45, 2.75) is 32.7 Å². The maximum Gasteiger partial charge on any atom is 0.289 e. The first-order valence-corrected chi connectivity index (χ1v) is 5.91. The molecule has 1 aromatic rings. The van der Waals surface area contributed by atoms with E-state index >= 15 is 0 Å². The summed E-state index contributed by atoms with van der Waals surface area (Å²) in [6.45, 7) is 4.16. The third kappa shape index (κ3) is 2.84. The fourth-order valence-corrected chi connectivity index (χ4v) is 1.91. The van der Waals surface area contributed by atoms with Crippen molar-refractivity contribution in [1.29, 1.82) is 0 Å². The van der Waals surface area contributed by atoms with Crippen LogP contribution < -0.4 is 0 Å².